The van der Waals surface area contributed by atoms with E-state index in [9.17, 15) is 4.39 Å². The van der Waals surface area contributed by atoms with Crippen LogP contribution in [-0.2, 0) is 19.6 Å². The van der Waals surface area contributed by atoms with Crippen LogP contribution in [0, 0.1) is 5.82 Å². The zero-order chi connectivity index (χ0) is 12.1. The molecule has 0 aliphatic rings. The molecule has 0 aliphatic carbocycles. The van der Waals surface area contributed by atoms with Gasteiger partial charge in [0.1, 0.15) is 5.82 Å². The summed E-state index contributed by atoms with van der Waals surface area (Å²) in [6.45, 7) is 4.28. The highest BCUT2D eigenvalue weighted by Crippen LogP contribution is 2.03. The van der Waals surface area contributed by atoms with Gasteiger partial charge in [-0.05, 0) is 30.7 Å². The lowest BCUT2D eigenvalue weighted by Crippen LogP contribution is -2.13. The Morgan fingerprint density at radius 3 is 2.78 bits per heavy atom. The van der Waals surface area contributed by atoms with Gasteiger partial charge in [0.05, 0.1) is 5.69 Å². The normalized spacial score (nSPS) is 10.1. The zero-order valence-corrected chi connectivity index (χ0v) is 11.1. The summed E-state index contributed by atoms with van der Waals surface area (Å²) in [6, 6.07) is 8.60. The van der Waals surface area contributed by atoms with Crippen molar-refractivity contribution < 1.29 is 4.39 Å². The van der Waals surface area contributed by atoms with Crippen molar-refractivity contribution in [1.82, 2.24) is 15.1 Å². The monoisotopic (exact) mass is 269 g/mol. The van der Waals surface area contributed by atoms with Gasteiger partial charge in [-0.25, -0.2) is 4.39 Å². The van der Waals surface area contributed by atoms with Crippen LogP contribution in [0.2, 0.25) is 0 Å². The van der Waals surface area contributed by atoms with Crippen molar-refractivity contribution in [3.63, 3.8) is 0 Å². The van der Waals surface area contributed by atoms with E-state index in [0.717, 1.165) is 17.8 Å². The first kappa shape index (κ1) is 14.7. The van der Waals surface area contributed by atoms with E-state index in [1.165, 1.54) is 12.1 Å². The predicted octanol–water partition coefficient (Wildman–Crippen LogP) is 2.75. The molecule has 0 unspecified atom stereocenters. The first-order chi connectivity index (χ1) is 8.28. The molecule has 5 heteroatoms. The quantitative estimate of drug-likeness (QED) is 0.905. The summed E-state index contributed by atoms with van der Waals surface area (Å²) >= 11 is 0. The minimum Gasteiger partial charge on any atom is -0.307 e. The van der Waals surface area contributed by atoms with Crippen LogP contribution in [0.5, 0.6) is 0 Å². The molecule has 0 spiro atoms. The van der Waals surface area contributed by atoms with Crippen LogP contribution in [0.4, 0.5) is 4.39 Å². The molecule has 18 heavy (non-hydrogen) atoms. The standard InChI is InChI=1S/C13H16FN3.ClH/c1-2-17-7-6-13(16-17)10-15-9-11-4-3-5-12(14)8-11;/h3-8,15H,2,9-10H2,1H3;1H. The van der Waals surface area contributed by atoms with Gasteiger partial charge in [-0.3, -0.25) is 4.68 Å². The smallest absolute Gasteiger partial charge is 0.123 e. The summed E-state index contributed by atoms with van der Waals surface area (Å²) in [5.74, 6) is -0.195. The highest BCUT2D eigenvalue weighted by atomic mass is 35.5. The molecule has 0 bridgehead atoms. The lowest BCUT2D eigenvalue weighted by atomic mass is 10.2. The number of hydrogen-bond donors (Lipinski definition) is 1. The minimum absolute atomic E-state index is 0. The number of halogens is 2. The Kier molecular flexibility index (Phi) is 5.82. The summed E-state index contributed by atoms with van der Waals surface area (Å²) in [4.78, 5) is 0. The lowest BCUT2D eigenvalue weighted by molar-refractivity contribution is 0.610. The molecule has 1 heterocycles. The molecule has 1 N–H and O–H groups in total. The van der Waals surface area contributed by atoms with Crippen LogP contribution in [0.15, 0.2) is 36.5 Å². The molecule has 1 aromatic heterocycles. The molecule has 0 saturated heterocycles. The van der Waals surface area contributed by atoms with Crippen molar-refractivity contribution in [1.29, 1.82) is 0 Å². The molecule has 98 valence electrons. The number of nitrogens with zero attached hydrogens (tertiary/aromatic N) is 2. The van der Waals surface area contributed by atoms with Crippen molar-refractivity contribution in [2.24, 2.45) is 0 Å². The van der Waals surface area contributed by atoms with Gasteiger partial charge in [0, 0.05) is 25.8 Å². The summed E-state index contributed by atoms with van der Waals surface area (Å²) in [5.41, 5.74) is 1.95. The predicted molar refractivity (Wildman–Crippen MR) is 72.1 cm³/mol. The van der Waals surface area contributed by atoms with E-state index in [1.807, 2.05) is 23.0 Å². The molecule has 0 amide bonds. The molecule has 3 nitrogen and oxygen atoms in total. The summed E-state index contributed by atoms with van der Waals surface area (Å²) < 4.78 is 14.8. The largest absolute Gasteiger partial charge is 0.307 e. The van der Waals surface area contributed by atoms with Gasteiger partial charge >= 0.3 is 0 Å². The maximum atomic E-state index is 12.9. The number of aryl methyl sites for hydroxylation is 1. The second kappa shape index (κ2) is 7.13. The van der Waals surface area contributed by atoms with E-state index in [-0.39, 0.29) is 18.2 Å². The molecule has 2 rings (SSSR count). The second-order valence-corrected chi connectivity index (χ2v) is 3.90. The molecular formula is C13H17ClFN3. The molecule has 0 fully saturated rings. The van der Waals surface area contributed by atoms with Crippen LogP contribution in [0.3, 0.4) is 0 Å². The Bertz CT molecular complexity index is 485. The van der Waals surface area contributed by atoms with E-state index < -0.39 is 0 Å². The Morgan fingerprint density at radius 2 is 2.11 bits per heavy atom. The topological polar surface area (TPSA) is 29.9 Å². The third-order valence-electron chi connectivity index (χ3n) is 2.54. The number of benzene rings is 1. The third kappa shape index (κ3) is 4.13. The van der Waals surface area contributed by atoms with Gasteiger partial charge in [0.15, 0.2) is 0 Å². The maximum absolute atomic E-state index is 12.9. The van der Waals surface area contributed by atoms with Crippen LogP contribution >= 0.6 is 12.4 Å². The van der Waals surface area contributed by atoms with Crippen LogP contribution in [-0.4, -0.2) is 9.78 Å². The van der Waals surface area contributed by atoms with Crippen LogP contribution < -0.4 is 5.32 Å². The summed E-state index contributed by atoms with van der Waals surface area (Å²) in [7, 11) is 0. The molecule has 0 radical (unpaired) electrons. The Hall–Kier alpha value is -1.39. The first-order valence-electron chi connectivity index (χ1n) is 5.75. The summed E-state index contributed by atoms with van der Waals surface area (Å²) in [6.07, 6.45) is 1.96. The number of rotatable bonds is 5. The molecule has 0 saturated carbocycles. The van der Waals surface area contributed by atoms with E-state index in [0.29, 0.717) is 13.1 Å². The van der Waals surface area contributed by atoms with Crippen molar-refractivity contribution in [2.75, 3.05) is 0 Å². The minimum atomic E-state index is -0.195. The number of hydrogen-bond acceptors (Lipinski definition) is 2. The summed E-state index contributed by atoms with van der Waals surface area (Å²) in [5, 5.41) is 7.60. The van der Waals surface area contributed by atoms with Crippen LogP contribution in [0.25, 0.3) is 0 Å². The average molecular weight is 270 g/mol. The SMILES string of the molecule is CCn1ccc(CNCc2cccc(F)c2)n1.Cl. The number of aromatic nitrogens is 2. The zero-order valence-electron chi connectivity index (χ0n) is 10.3. The lowest BCUT2D eigenvalue weighted by Gasteiger charge is -2.03. The van der Waals surface area contributed by atoms with Crippen LogP contribution in [0.1, 0.15) is 18.2 Å². The van der Waals surface area contributed by atoms with Crippen molar-refractivity contribution in [3.05, 3.63) is 53.6 Å². The average Bonchev–Trinajstić information content (AvgIpc) is 2.77. The first-order valence-corrected chi connectivity index (χ1v) is 5.75. The van der Waals surface area contributed by atoms with Crippen molar-refractivity contribution in [2.45, 2.75) is 26.6 Å². The highest BCUT2D eigenvalue weighted by molar-refractivity contribution is 5.85. The number of nitrogens with one attached hydrogen (secondary N) is 1. The van der Waals surface area contributed by atoms with Crippen molar-refractivity contribution in [3.8, 4) is 0 Å². The van der Waals surface area contributed by atoms with E-state index in [2.05, 4.69) is 17.3 Å². The van der Waals surface area contributed by atoms with Gasteiger partial charge in [-0.15, -0.1) is 12.4 Å². The Labute approximate surface area is 112 Å². The third-order valence-corrected chi connectivity index (χ3v) is 2.54. The Morgan fingerprint density at radius 1 is 1.28 bits per heavy atom. The molecule has 1 aromatic carbocycles. The molecular weight excluding hydrogens is 253 g/mol. The van der Waals surface area contributed by atoms with Gasteiger partial charge in [-0.2, -0.15) is 5.10 Å². The van der Waals surface area contributed by atoms with E-state index in [4.69, 9.17) is 0 Å². The van der Waals surface area contributed by atoms with E-state index in [1.54, 1.807) is 6.07 Å². The molecule has 0 aliphatic heterocycles. The van der Waals surface area contributed by atoms with Gasteiger partial charge in [0.25, 0.3) is 0 Å². The maximum Gasteiger partial charge on any atom is 0.123 e. The fourth-order valence-electron chi connectivity index (χ4n) is 1.66. The van der Waals surface area contributed by atoms with Gasteiger partial charge in [-0.1, -0.05) is 12.1 Å². The second-order valence-electron chi connectivity index (χ2n) is 3.90. The van der Waals surface area contributed by atoms with E-state index >= 15 is 0 Å². The molecule has 0 atom stereocenters. The Balaban J connectivity index is 0.00000162. The highest BCUT2D eigenvalue weighted by Gasteiger charge is 1.98. The van der Waals surface area contributed by atoms with Gasteiger partial charge in [0.2, 0.25) is 0 Å². The fourth-order valence-corrected chi connectivity index (χ4v) is 1.66. The van der Waals surface area contributed by atoms with Crippen molar-refractivity contribution >= 4 is 12.4 Å². The van der Waals surface area contributed by atoms with Gasteiger partial charge < -0.3 is 5.32 Å². The fraction of sp³-hybridized carbons (Fsp3) is 0.308. The molecule has 2 aromatic rings.